The lowest BCUT2D eigenvalue weighted by Crippen LogP contribution is -2.39. The second kappa shape index (κ2) is 8.43. The minimum atomic E-state index is -0.387. The number of nitrogens with one attached hydrogen (secondary N) is 3. The van der Waals surface area contributed by atoms with E-state index >= 15 is 0 Å². The van der Waals surface area contributed by atoms with Gasteiger partial charge in [0.25, 0.3) is 0 Å². The largest absolute Gasteiger partial charge is 0.497 e. The molecule has 1 atom stereocenters. The Kier molecular flexibility index (Phi) is 5.78. The maximum absolute atomic E-state index is 12.3. The Morgan fingerprint density at radius 1 is 1.00 bits per heavy atom. The molecule has 0 aromatic heterocycles. The van der Waals surface area contributed by atoms with Gasteiger partial charge in [-0.25, -0.2) is 4.79 Å². The van der Waals surface area contributed by atoms with E-state index in [0.717, 1.165) is 5.69 Å². The zero-order valence-corrected chi connectivity index (χ0v) is 15.7. The van der Waals surface area contributed by atoms with E-state index in [4.69, 9.17) is 4.74 Å². The molecule has 8 heteroatoms. The summed E-state index contributed by atoms with van der Waals surface area (Å²) in [6, 6.07) is 13.3. The maximum atomic E-state index is 12.3. The third-order valence-corrected chi connectivity index (χ3v) is 4.31. The summed E-state index contributed by atoms with van der Waals surface area (Å²) < 4.78 is 5.13. The number of methoxy groups -OCH3 is 1. The van der Waals surface area contributed by atoms with Crippen molar-refractivity contribution < 1.29 is 19.1 Å². The molecule has 0 radical (unpaired) electrons. The van der Waals surface area contributed by atoms with E-state index in [0.29, 0.717) is 23.7 Å². The Bertz CT molecular complexity index is 865. The third kappa shape index (κ3) is 4.79. The van der Waals surface area contributed by atoms with Crippen LogP contribution in [0, 0.1) is 0 Å². The highest BCUT2D eigenvalue weighted by Crippen LogP contribution is 2.24. The standard InChI is InChI=1S/C20H22N4O4/c1-13(25)21-14-3-5-15(6-4-14)22-20(27)23-16-11-19(26)24(12-16)17-7-9-18(28-2)10-8-17/h3-10,16H,11-12H2,1-2H3,(H,21,25)(H2,22,23,27)/t16-/m1/s1. The van der Waals surface area contributed by atoms with Crippen molar-refractivity contribution in [1.82, 2.24) is 5.32 Å². The van der Waals surface area contributed by atoms with Gasteiger partial charge in [-0.2, -0.15) is 0 Å². The quantitative estimate of drug-likeness (QED) is 0.740. The molecule has 28 heavy (non-hydrogen) atoms. The van der Waals surface area contributed by atoms with E-state index < -0.39 is 0 Å². The number of urea groups is 1. The van der Waals surface area contributed by atoms with E-state index in [-0.39, 0.29) is 30.3 Å². The molecule has 0 saturated carbocycles. The highest BCUT2D eigenvalue weighted by Gasteiger charge is 2.31. The molecule has 2 aromatic carbocycles. The van der Waals surface area contributed by atoms with Gasteiger partial charge in [0.05, 0.1) is 13.2 Å². The van der Waals surface area contributed by atoms with Gasteiger partial charge in [-0.3, -0.25) is 9.59 Å². The first-order chi connectivity index (χ1) is 13.4. The monoisotopic (exact) mass is 382 g/mol. The highest BCUT2D eigenvalue weighted by molar-refractivity contribution is 5.97. The smallest absolute Gasteiger partial charge is 0.319 e. The number of amides is 4. The van der Waals surface area contributed by atoms with Gasteiger partial charge in [-0.15, -0.1) is 0 Å². The van der Waals surface area contributed by atoms with Crippen LogP contribution in [0.2, 0.25) is 0 Å². The fraction of sp³-hybridized carbons (Fsp3) is 0.250. The predicted octanol–water partition coefficient (Wildman–Crippen LogP) is 2.58. The van der Waals surface area contributed by atoms with Crippen LogP contribution in [-0.2, 0) is 9.59 Å². The van der Waals surface area contributed by atoms with Crippen molar-refractivity contribution in [1.29, 1.82) is 0 Å². The van der Waals surface area contributed by atoms with Crippen LogP contribution in [0.3, 0.4) is 0 Å². The van der Waals surface area contributed by atoms with Crippen LogP contribution in [0.5, 0.6) is 5.75 Å². The van der Waals surface area contributed by atoms with Crippen molar-refractivity contribution in [2.75, 3.05) is 29.2 Å². The Labute approximate surface area is 162 Å². The van der Waals surface area contributed by atoms with Crippen LogP contribution >= 0.6 is 0 Å². The molecule has 0 unspecified atom stereocenters. The summed E-state index contributed by atoms with van der Waals surface area (Å²) >= 11 is 0. The Balaban J connectivity index is 1.54. The second-order valence-corrected chi connectivity index (χ2v) is 6.46. The van der Waals surface area contributed by atoms with Crippen LogP contribution in [0.4, 0.5) is 21.9 Å². The van der Waals surface area contributed by atoms with Gasteiger partial charge < -0.3 is 25.6 Å². The lowest BCUT2D eigenvalue weighted by molar-refractivity contribution is -0.117. The van der Waals surface area contributed by atoms with Gasteiger partial charge in [0.2, 0.25) is 11.8 Å². The van der Waals surface area contributed by atoms with Crippen molar-refractivity contribution in [3.05, 3.63) is 48.5 Å². The van der Waals surface area contributed by atoms with Crippen molar-refractivity contribution >= 4 is 34.9 Å². The van der Waals surface area contributed by atoms with Crippen LogP contribution in [0.15, 0.2) is 48.5 Å². The van der Waals surface area contributed by atoms with Crippen LogP contribution in [0.25, 0.3) is 0 Å². The predicted molar refractivity (Wildman–Crippen MR) is 107 cm³/mol. The van der Waals surface area contributed by atoms with E-state index in [1.54, 1.807) is 48.4 Å². The molecular weight excluding hydrogens is 360 g/mol. The fourth-order valence-corrected chi connectivity index (χ4v) is 3.01. The number of benzene rings is 2. The first kappa shape index (κ1) is 19.2. The number of carbonyl (C=O) groups is 3. The first-order valence-corrected chi connectivity index (χ1v) is 8.84. The average Bonchev–Trinajstić information content (AvgIpc) is 3.03. The fourth-order valence-electron chi connectivity index (χ4n) is 3.01. The molecule has 1 heterocycles. The number of carbonyl (C=O) groups excluding carboxylic acids is 3. The summed E-state index contributed by atoms with van der Waals surface area (Å²) in [5, 5.41) is 8.20. The third-order valence-electron chi connectivity index (χ3n) is 4.31. The van der Waals surface area contributed by atoms with Gasteiger partial charge in [0.15, 0.2) is 0 Å². The van der Waals surface area contributed by atoms with Gasteiger partial charge >= 0.3 is 6.03 Å². The SMILES string of the molecule is COc1ccc(N2C[C@H](NC(=O)Nc3ccc(NC(C)=O)cc3)CC2=O)cc1. The molecule has 4 amide bonds. The van der Waals surface area contributed by atoms with E-state index in [1.165, 1.54) is 6.92 Å². The molecule has 3 N–H and O–H groups in total. The summed E-state index contributed by atoms with van der Waals surface area (Å²) in [7, 11) is 1.59. The Morgan fingerprint density at radius 3 is 2.18 bits per heavy atom. The maximum Gasteiger partial charge on any atom is 0.319 e. The number of hydrogen-bond donors (Lipinski definition) is 3. The number of ether oxygens (including phenoxy) is 1. The molecule has 1 aliphatic rings. The molecular formula is C20H22N4O4. The summed E-state index contributed by atoms with van der Waals surface area (Å²) in [5.41, 5.74) is 2.00. The molecule has 0 aliphatic carbocycles. The minimum Gasteiger partial charge on any atom is -0.497 e. The molecule has 1 fully saturated rings. The van der Waals surface area contributed by atoms with E-state index in [1.807, 2.05) is 12.1 Å². The summed E-state index contributed by atoms with van der Waals surface area (Å²) in [6.07, 6.45) is 0.237. The molecule has 1 saturated heterocycles. The van der Waals surface area contributed by atoms with Gasteiger partial charge in [-0.1, -0.05) is 0 Å². The molecule has 2 aromatic rings. The lowest BCUT2D eigenvalue weighted by Gasteiger charge is -2.18. The lowest BCUT2D eigenvalue weighted by atomic mass is 10.2. The van der Waals surface area contributed by atoms with E-state index in [2.05, 4.69) is 16.0 Å². The van der Waals surface area contributed by atoms with Gasteiger partial charge in [-0.05, 0) is 48.5 Å². The summed E-state index contributed by atoms with van der Waals surface area (Å²) in [6.45, 7) is 1.83. The highest BCUT2D eigenvalue weighted by atomic mass is 16.5. The molecule has 3 rings (SSSR count). The van der Waals surface area contributed by atoms with Crippen LogP contribution < -0.4 is 25.6 Å². The Hall–Kier alpha value is -3.55. The van der Waals surface area contributed by atoms with Crippen molar-refractivity contribution in [2.45, 2.75) is 19.4 Å². The van der Waals surface area contributed by atoms with Crippen molar-refractivity contribution in [2.24, 2.45) is 0 Å². The number of rotatable bonds is 5. The van der Waals surface area contributed by atoms with Crippen molar-refractivity contribution in [3.63, 3.8) is 0 Å². The normalized spacial score (nSPS) is 15.9. The molecule has 0 bridgehead atoms. The van der Waals surface area contributed by atoms with E-state index in [9.17, 15) is 14.4 Å². The molecule has 1 aliphatic heterocycles. The summed E-state index contributed by atoms with van der Waals surface area (Å²) in [5.74, 6) is 0.509. The van der Waals surface area contributed by atoms with Crippen molar-refractivity contribution in [3.8, 4) is 5.75 Å². The molecule has 0 spiro atoms. The van der Waals surface area contributed by atoms with Gasteiger partial charge in [0, 0.05) is 37.0 Å². The number of nitrogens with zero attached hydrogens (tertiary/aromatic N) is 1. The number of hydrogen-bond acceptors (Lipinski definition) is 4. The van der Waals surface area contributed by atoms with Gasteiger partial charge in [0.1, 0.15) is 5.75 Å². The topological polar surface area (TPSA) is 99.8 Å². The van der Waals surface area contributed by atoms with Crippen LogP contribution in [0.1, 0.15) is 13.3 Å². The second-order valence-electron chi connectivity index (χ2n) is 6.46. The Morgan fingerprint density at radius 2 is 1.61 bits per heavy atom. The zero-order chi connectivity index (χ0) is 20.1. The first-order valence-electron chi connectivity index (χ1n) is 8.84. The van der Waals surface area contributed by atoms with Crippen LogP contribution in [-0.4, -0.2) is 37.5 Å². The molecule has 8 nitrogen and oxygen atoms in total. The minimum absolute atomic E-state index is 0.0462. The molecule has 146 valence electrons. The zero-order valence-electron chi connectivity index (χ0n) is 15.7. The average molecular weight is 382 g/mol. The number of anilines is 3. The summed E-state index contributed by atoms with van der Waals surface area (Å²) in [4.78, 5) is 37.2.